The topological polar surface area (TPSA) is 135 Å². The largest absolute Gasteiger partial charge is 0.481 e. The Morgan fingerprint density at radius 3 is 2.20 bits per heavy atom. The molecule has 0 amide bonds. The second kappa shape index (κ2) is 10.3. The molecular formula is C13H20O7. The molecule has 0 heterocycles. The number of rotatable bonds is 10. The lowest BCUT2D eigenvalue weighted by atomic mass is 9.99. The summed E-state index contributed by atoms with van der Waals surface area (Å²) in [6.07, 6.45) is -0.0792. The first-order valence-corrected chi connectivity index (χ1v) is 6.09. The molecule has 0 radical (unpaired) electrons. The maximum absolute atomic E-state index is 10.3. The lowest BCUT2D eigenvalue weighted by Crippen LogP contribution is -2.39. The van der Waals surface area contributed by atoms with Gasteiger partial charge in [-0.05, 0) is 12.5 Å². The molecule has 114 valence electrons. The molecule has 0 saturated heterocycles. The third kappa shape index (κ3) is 8.54. The lowest BCUT2D eigenvalue weighted by molar-refractivity contribution is -0.140. The van der Waals surface area contributed by atoms with Crippen LogP contribution in [0.15, 0.2) is 24.3 Å². The average Bonchev–Trinajstić information content (AvgIpc) is 2.36. The molecule has 0 unspecified atom stereocenters. The summed E-state index contributed by atoms with van der Waals surface area (Å²) in [6, 6.07) is 0. The van der Waals surface area contributed by atoms with E-state index in [4.69, 9.17) is 5.11 Å². The van der Waals surface area contributed by atoms with Crippen LogP contribution in [-0.4, -0.2) is 62.2 Å². The molecule has 0 rings (SSSR count). The number of aliphatic hydroxyl groups excluding tert-OH is 4. The van der Waals surface area contributed by atoms with E-state index in [1.807, 2.05) is 0 Å². The summed E-state index contributed by atoms with van der Waals surface area (Å²) in [6.45, 7) is 0. The molecule has 0 aliphatic rings. The van der Waals surface area contributed by atoms with Gasteiger partial charge in [-0.25, -0.2) is 0 Å². The second-order valence-electron chi connectivity index (χ2n) is 4.30. The van der Waals surface area contributed by atoms with Gasteiger partial charge in [0.25, 0.3) is 0 Å². The molecule has 0 aromatic carbocycles. The maximum atomic E-state index is 10.3. The average molecular weight is 288 g/mol. The first-order valence-electron chi connectivity index (χ1n) is 6.09. The molecule has 7 nitrogen and oxygen atoms in total. The van der Waals surface area contributed by atoms with Gasteiger partial charge in [0.1, 0.15) is 12.4 Å². The van der Waals surface area contributed by atoms with Crippen LogP contribution in [0.3, 0.4) is 0 Å². The highest BCUT2D eigenvalue weighted by Crippen LogP contribution is 2.11. The summed E-state index contributed by atoms with van der Waals surface area (Å²) >= 11 is 0. The number of carboxylic acids is 1. The van der Waals surface area contributed by atoms with Crippen LogP contribution in [-0.2, 0) is 9.59 Å². The van der Waals surface area contributed by atoms with Gasteiger partial charge in [-0.3, -0.25) is 9.59 Å². The molecular weight excluding hydrogens is 268 g/mol. The zero-order chi connectivity index (χ0) is 15.5. The van der Waals surface area contributed by atoms with Crippen LogP contribution in [0.5, 0.6) is 0 Å². The van der Waals surface area contributed by atoms with E-state index in [-0.39, 0.29) is 12.8 Å². The highest BCUT2D eigenvalue weighted by molar-refractivity contribution is 5.67. The van der Waals surface area contributed by atoms with Gasteiger partial charge in [-0.2, -0.15) is 0 Å². The van der Waals surface area contributed by atoms with Gasteiger partial charge in [0.2, 0.25) is 0 Å². The van der Waals surface area contributed by atoms with Gasteiger partial charge in [0.05, 0.1) is 24.7 Å². The summed E-state index contributed by atoms with van der Waals surface area (Å²) in [7, 11) is 0. The van der Waals surface area contributed by atoms with Gasteiger partial charge in [-0.1, -0.05) is 18.2 Å². The van der Waals surface area contributed by atoms with E-state index >= 15 is 0 Å². The quantitative estimate of drug-likeness (QED) is 0.197. The zero-order valence-electron chi connectivity index (χ0n) is 10.9. The number of carbonyl (C=O) groups excluding carboxylic acids is 1. The van der Waals surface area contributed by atoms with E-state index in [0.29, 0.717) is 6.29 Å². The maximum Gasteiger partial charge on any atom is 0.305 e. The Labute approximate surface area is 116 Å². The number of allylic oxidation sites excluding steroid dienone is 3. The fourth-order valence-corrected chi connectivity index (χ4v) is 1.51. The number of aliphatic carboxylic acids is 1. The van der Waals surface area contributed by atoms with Crippen molar-refractivity contribution in [2.75, 3.05) is 0 Å². The van der Waals surface area contributed by atoms with E-state index < -0.39 is 36.8 Å². The Morgan fingerprint density at radius 2 is 1.65 bits per heavy atom. The fraction of sp³-hybridized carbons (Fsp3) is 0.538. The minimum atomic E-state index is -1.50. The number of aldehydes is 1. The molecule has 0 aliphatic heterocycles. The summed E-state index contributed by atoms with van der Waals surface area (Å²) in [5.41, 5.74) is 0. The highest BCUT2D eigenvalue weighted by Gasteiger charge is 2.26. The molecule has 0 aromatic rings. The second-order valence-corrected chi connectivity index (χ2v) is 4.30. The number of hydrogen-bond acceptors (Lipinski definition) is 6. The molecule has 0 saturated carbocycles. The fourth-order valence-electron chi connectivity index (χ4n) is 1.51. The Hall–Kier alpha value is -1.54. The Bertz CT molecular complexity index is 351. The van der Waals surface area contributed by atoms with Crippen molar-refractivity contribution in [1.29, 1.82) is 0 Å². The van der Waals surface area contributed by atoms with Crippen molar-refractivity contribution in [2.45, 2.75) is 43.7 Å². The van der Waals surface area contributed by atoms with E-state index in [9.17, 15) is 30.0 Å². The predicted molar refractivity (Wildman–Crippen MR) is 69.9 cm³/mol. The van der Waals surface area contributed by atoms with E-state index in [0.717, 1.165) is 0 Å². The van der Waals surface area contributed by atoms with Crippen molar-refractivity contribution in [2.24, 2.45) is 0 Å². The third-order valence-electron chi connectivity index (χ3n) is 2.53. The van der Waals surface area contributed by atoms with Crippen LogP contribution in [0, 0.1) is 0 Å². The molecule has 7 heteroatoms. The smallest absolute Gasteiger partial charge is 0.305 e. The first-order chi connectivity index (χ1) is 9.38. The van der Waals surface area contributed by atoms with E-state index in [1.165, 1.54) is 24.3 Å². The molecule has 20 heavy (non-hydrogen) atoms. The van der Waals surface area contributed by atoms with E-state index in [2.05, 4.69) is 0 Å². The third-order valence-corrected chi connectivity index (χ3v) is 2.53. The van der Waals surface area contributed by atoms with Crippen molar-refractivity contribution >= 4 is 12.3 Å². The predicted octanol–water partition coefficient (Wildman–Crippen LogP) is -1.00. The summed E-state index contributed by atoms with van der Waals surface area (Å²) in [5.74, 6) is -1.22. The minimum Gasteiger partial charge on any atom is -0.481 e. The van der Waals surface area contributed by atoms with Crippen LogP contribution in [0.4, 0.5) is 0 Å². The van der Waals surface area contributed by atoms with Gasteiger partial charge in [-0.15, -0.1) is 0 Å². The standard InChI is InChI=1S/C13H20O7/c14-6-4-2-1-3-5-10(16)13(20)11(17)7-9(15)8-12(18)19/h1-4,6,9-11,13,15-17,20H,5,7-8H2,(H,18,19)/b3-1+,4-2+/t9-,10+,11-,13-/m1/s1. The molecule has 4 atom stereocenters. The first kappa shape index (κ1) is 18.5. The van der Waals surface area contributed by atoms with Crippen LogP contribution in [0.1, 0.15) is 19.3 Å². The number of carbonyl (C=O) groups is 2. The van der Waals surface area contributed by atoms with Gasteiger partial charge >= 0.3 is 5.97 Å². The summed E-state index contributed by atoms with van der Waals surface area (Å²) in [4.78, 5) is 20.3. The van der Waals surface area contributed by atoms with Crippen molar-refractivity contribution in [3.8, 4) is 0 Å². The van der Waals surface area contributed by atoms with Crippen LogP contribution < -0.4 is 0 Å². The number of aliphatic hydroxyl groups is 4. The molecule has 5 N–H and O–H groups in total. The normalized spacial score (nSPS) is 18.0. The van der Waals surface area contributed by atoms with Crippen LogP contribution >= 0.6 is 0 Å². The Morgan fingerprint density at radius 1 is 1.00 bits per heavy atom. The van der Waals surface area contributed by atoms with Crippen molar-refractivity contribution in [3.63, 3.8) is 0 Å². The molecule has 0 aliphatic carbocycles. The van der Waals surface area contributed by atoms with Crippen LogP contribution in [0.25, 0.3) is 0 Å². The van der Waals surface area contributed by atoms with Gasteiger partial charge in [0.15, 0.2) is 0 Å². The SMILES string of the molecule is O=C/C=C/C=C/C[C@H](O)[C@@H](O)[C@H](O)C[C@@H](O)CC(=O)O. The van der Waals surface area contributed by atoms with E-state index in [1.54, 1.807) is 0 Å². The Balaban J connectivity index is 4.17. The van der Waals surface area contributed by atoms with Crippen molar-refractivity contribution in [3.05, 3.63) is 24.3 Å². The Kier molecular flexibility index (Phi) is 9.48. The monoisotopic (exact) mass is 288 g/mol. The number of carboxylic acid groups (broad SMARTS) is 1. The highest BCUT2D eigenvalue weighted by atomic mass is 16.4. The summed E-state index contributed by atoms with van der Waals surface area (Å²) < 4.78 is 0. The van der Waals surface area contributed by atoms with Gasteiger partial charge in [0, 0.05) is 6.42 Å². The van der Waals surface area contributed by atoms with Gasteiger partial charge < -0.3 is 25.5 Å². The molecule has 0 spiro atoms. The summed E-state index contributed by atoms with van der Waals surface area (Å²) in [5, 5.41) is 46.5. The minimum absolute atomic E-state index is 0.0381. The van der Waals surface area contributed by atoms with Crippen molar-refractivity contribution < 1.29 is 35.1 Å². The molecule has 0 aromatic heterocycles. The zero-order valence-corrected chi connectivity index (χ0v) is 10.9. The van der Waals surface area contributed by atoms with Crippen molar-refractivity contribution in [1.82, 2.24) is 0 Å². The molecule has 0 bridgehead atoms. The lowest BCUT2D eigenvalue weighted by Gasteiger charge is -2.23. The number of hydrogen-bond donors (Lipinski definition) is 5. The van der Waals surface area contributed by atoms with Crippen LogP contribution in [0.2, 0.25) is 0 Å². The molecule has 0 fully saturated rings.